The molecule has 2 aliphatic heterocycles. The lowest BCUT2D eigenvalue weighted by Crippen LogP contribution is -2.71. The van der Waals surface area contributed by atoms with E-state index in [4.69, 9.17) is 14.6 Å². The first-order valence-electron chi connectivity index (χ1n) is 27.6. The SMILES string of the molecule is COC(=O)C(O/N=C(\C(=O)N[C@@H]1C(=O)N2C(C(=O)O)=C(SC(Sc3c[nH]nn3)C(c3ccccc3)(c3ccccc3)c3ccccc3)CS[C@H]12)c1csc(NC(c2ccccc2)(c2ccccc2)c2ccccc2)n1)(c1ccccc1)c1ccccc1. The standard InChI is InChI=1S/C68H54N8O7S4/c1-82-63(81)68(51-38-22-8-23-39-51,52-40-24-9-25-41-52)83-74-56(53-43-85-65(70-53)72-67(48-32-16-5-17-33-48,49-34-18-6-19-35-49)50-36-20-7-21-37-50)59(77)71-57-60(78)76-58(62(79)80)54(44-84-61(57)76)86-64(87-55-42-69-75-73-55)66(45-26-10-2-11-27-45,46-28-12-3-13-29-46)47-30-14-4-15-31-47/h2-43,57,61,64H,44H2,1H3,(H,70,72)(H,71,77)(H,79,80)(H,69,73,75)/b74-56-/t57-,61-,64?/m1/s1. The fourth-order valence-corrected chi connectivity index (χ4v) is 16.7. The summed E-state index contributed by atoms with van der Waals surface area (Å²) in [7, 11) is 1.24. The number of hydrogen-bond donors (Lipinski definition) is 4. The van der Waals surface area contributed by atoms with E-state index in [0.717, 1.165) is 33.4 Å². The summed E-state index contributed by atoms with van der Waals surface area (Å²) in [4.78, 5) is 71.9. The lowest BCUT2D eigenvalue weighted by Gasteiger charge is -2.50. The fourth-order valence-electron chi connectivity index (χ4n) is 11.3. The number of ether oxygens (including phenoxy) is 1. The van der Waals surface area contributed by atoms with E-state index in [2.05, 4.69) is 67.6 Å². The number of benzene rings is 8. The zero-order valence-corrected chi connectivity index (χ0v) is 49.7. The van der Waals surface area contributed by atoms with Gasteiger partial charge in [-0.25, -0.2) is 14.6 Å². The second-order valence-corrected chi connectivity index (χ2v) is 24.8. The number of oxime groups is 1. The molecule has 0 aliphatic carbocycles. The number of H-pyrrole nitrogens is 1. The average Bonchev–Trinajstić information content (AvgIpc) is 1.36. The van der Waals surface area contributed by atoms with Crippen LogP contribution in [0.1, 0.15) is 50.2 Å². The number of carbonyl (C=O) groups is 4. The summed E-state index contributed by atoms with van der Waals surface area (Å²) in [6.45, 7) is 0. The molecule has 2 amide bonds. The Labute approximate surface area is 518 Å². The van der Waals surface area contributed by atoms with Crippen molar-refractivity contribution in [1.82, 2.24) is 30.6 Å². The molecule has 3 atom stereocenters. The van der Waals surface area contributed by atoms with E-state index in [0.29, 0.717) is 26.2 Å². The van der Waals surface area contributed by atoms with Gasteiger partial charge in [-0.1, -0.05) is 265 Å². The molecule has 10 aromatic rings. The number of aromatic amines is 1. The molecular formula is C68H54N8O7S4. The molecule has 2 aliphatic rings. The van der Waals surface area contributed by atoms with Crippen molar-refractivity contribution in [3.05, 3.63) is 315 Å². The third kappa shape index (κ3) is 11.0. The van der Waals surface area contributed by atoms with Crippen LogP contribution in [-0.2, 0) is 45.3 Å². The number of carbonyl (C=O) groups excluding carboxylic acids is 3. The highest BCUT2D eigenvalue weighted by Gasteiger charge is 2.56. The molecule has 0 spiro atoms. The lowest BCUT2D eigenvalue weighted by molar-refractivity contribution is -0.165. The van der Waals surface area contributed by atoms with E-state index in [1.807, 2.05) is 146 Å². The largest absolute Gasteiger partial charge is 0.477 e. The maximum atomic E-state index is 15.4. The molecule has 87 heavy (non-hydrogen) atoms. The Morgan fingerprint density at radius 3 is 1.53 bits per heavy atom. The van der Waals surface area contributed by atoms with E-state index >= 15 is 4.79 Å². The van der Waals surface area contributed by atoms with Crippen molar-refractivity contribution in [3.63, 3.8) is 0 Å². The van der Waals surface area contributed by atoms with Crippen molar-refractivity contribution < 1.29 is 33.9 Å². The summed E-state index contributed by atoms with van der Waals surface area (Å²) in [5.74, 6) is -3.52. The Morgan fingerprint density at radius 2 is 1.10 bits per heavy atom. The van der Waals surface area contributed by atoms with Crippen molar-refractivity contribution in [3.8, 4) is 0 Å². The second kappa shape index (κ2) is 25.6. The highest BCUT2D eigenvalue weighted by molar-refractivity contribution is 8.19. The van der Waals surface area contributed by atoms with E-state index < -0.39 is 56.3 Å². The molecule has 19 heteroatoms. The number of esters is 1. The smallest absolute Gasteiger partial charge is 0.362 e. The van der Waals surface area contributed by atoms with E-state index in [-0.39, 0.29) is 22.9 Å². The predicted octanol–water partition coefficient (Wildman–Crippen LogP) is 12.1. The summed E-state index contributed by atoms with van der Waals surface area (Å²) in [5.41, 5.74) is 1.72. The molecular weight excluding hydrogens is 1170 g/mol. The molecule has 8 aromatic carbocycles. The second-order valence-electron chi connectivity index (χ2n) is 20.2. The first-order chi connectivity index (χ1) is 42.7. The van der Waals surface area contributed by atoms with Gasteiger partial charge in [0.15, 0.2) is 10.8 Å². The molecule has 2 aromatic heterocycles. The lowest BCUT2D eigenvalue weighted by atomic mass is 9.70. The van der Waals surface area contributed by atoms with Crippen LogP contribution >= 0.6 is 46.6 Å². The zero-order chi connectivity index (χ0) is 59.8. The van der Waals surface area contributed by atoms with Crippen molar-refractivity contribution in [1.29, 1.82) is 0 Å². The molecule has 1 fully saturated rings. The minimum Gasteiger partial charge on any atom is -0.477 e. The topological polar surface area (TPSA) is 201 Å². The predicted molar refractivity (Wildman–Crippen MR) is 341 cm³/mol. The van der Waals surface area contributed by atoms with Gasteiger partial charge in [-0.3, -0.25) is 19.6 Å². The van der Waals surface area contributed by atoms with Crippen LogP contribution < -0.4 is 10.6 Å². The summed E-state index contributed by atoms with van der Waals surface area (Å²) >= 11 is 5.32. The number of amides is 2. The van der Waals surface area contributed by atoms with Gasteiger partial charge in [-0.2, -0.15) is 0 Å². The number of anilines is 1. The van der Waals surface area contributed by atoms with Crippen molar-refractivity contribution in [2.24, 2.45) is 5.16 Å². The number of carboxylic acids is 1. The molecule has 432 valence electrons. The highest BCUT2D eigenvalue weighted by Crippen LogP contribution is 2.56. The van der Waals surface area contributed by atoms with Crippen molar-refractivity contribution >= 4 is 81.2 Å². The number of nitrogens with one attached hydrogen (secondary N) is 3. The van der Waals surface area contributed by atoms with E-state index in [9.17, 15) is 19.5 Å². The van der Waals surface area contributed by atoms with Crippen LogP contribution in [0.4, 0.5) is 5.13 Å². The Bertz CT molecular complexity index is 3850. The van der Waals surface area contributed by atoms with Crippen LogP contribution in [0.15, 0.2) is 275 Å². The van der Waals surface area contributed by atoms with Gasteiger partial charge < -0.3 is 25.3 Å². The summed E-state index contributed by atoms with van der Waals surface area (Å²) < 4.78 is 4.92. The number of hydrogen-bond acceptors (Lipinski definition) is 15. The zero-order valence-electron chi connectivity index (χ0n) is 46.5. The number of aromatic nitrogens is 4. The van der Waals surface area contributed by atoms with Crippen LogP contribution in [0.3, 0.4) is 0 Å². The Hall–Kier alpha value is -9.53. The van der Waals surface area contributed by atoms with Gasteiger partial charge in [-0.05, 0) is 33.4 Å². The number of rotatable bonds is 22. The van der Waals surface area contributed by atoms with Gasteiger partial charge in [0.25, 0.3) is 17.4 Å². The van der Waals surface area contributed by atoms with Crippen LogP contribution in [0.25, 0.3) is 0 Å². The Morgan fingerprint density at radius 1 is 0.655 bits per heavy atom. The molecule has 0 saturated carbocycles. The van der Waals surface area contributed by atoms with E-state index in [1.165, 1.54) is 58.6 Å². The normalized spacial score (nSPS) is 15.6. The third-order valence-corrected chi connectivity index (χ3v) is 20.3. The first-order valence-corrected chi connectivity index (χ1v) is 31.3. The minimum atomic E-state index is -2.05. The molecule has 4 heterocycles. The third-order valence-electron chi connectivity index (χ3n) is 15.3. The van der Waals surface area contributed by atoms with Crippen LogP contribution in [-0.4, -0.2) is 88.7 Å². The van der Waals surface area contributed by atoms with Crippen molar-refractivity contribution in [2.45, 2.75) is 37.6 Å². The molecule has 1 saturated heterocycles. The number of β-lactam (4-membered cyclic amide) rings is 1. The van der Waals surface area contributed by atoms with Gasteiger partial charge >= 0.3 is 11.9 Å². The molecule has 4 N–H and O–H groups in total. The van der Waals surface area contributed by atoms with Crippen LogP contribution in [0.2, 0.25) is 0 Å². The fraction of sp³-hybridized carbons (Fsp3) is 0.118. The molecule has 1 unspecified atom stereocenters. The Kier molecular flexibility index (Phi) is 17.0. The van der Waals surface area contributed by atoms with Gasteiger partial charge in [-0.15, -0.1) is 40.0 Å². The quantitative estimate of drug-likeness (QED) is 0.00949. The molecule has 0 radical (unpaired) electrons. The molecule has 12 rings (SSSR count). The van der Waals surface area contributed by atoms with Crippen LogP contribution in [0, 0.1) is 0 Å². The number of nitrogens with zero attached hydrogens (tertiary/aromatic N) is 5. The maximum absolute atomic E-state index is 15.4. The van der Waals surface area contributed by atoms with Crippen LogP contribution in [0.5, 0.6) is 0 Å². The number of aliphatic carboxylic acids is 1. The van der Waals surface area contributed by atoms with Gasteiger partial charge in [0.2, 0.25) is 0 Å². The highest BCUT2D eigenvalue weighted by atomic mass is 32.2. The minimum absolute atomic E-state index is 0.0436. The van der Waals surface area contributed by atoms with Crippen molar-refractivity contribution in [2.75, 3.05) is 18.2 Å². The number of thiazole rings is 1. The summed E-state index contributed by atoms with van der Waals surface area (Å²) in [6.07, 6.45) is 1.70. The molecule has 15 nitrogen and oxygen atoms in total. The monoisotopic (exact) mass is 1220 g/mol. The average molecular weight is 1220 g/mol. The van der Waals surface area contributed by atoms with Gasteiger partial charge in [0.1, 0.15) is 33.4 Å². The maximum Gasteiger partial charge on any atom is 0.362 e. The number of fused-ring (bicyclic) bond motifs is 1. The van der Waals surface area contributed by atoms with E-state index in [1.54, 1.807) is 72.2 Å². The summed E-state index contributed by atoms with van der Waals surface area (Å²) in [6, 6.07) is 76.2. The summed E-state index contributed by atoms with van der Waals surface area (Å²) in [5, 5.41) is 35.6. The first kappa shape index (κ1) is 57.9. The Balaban J connectivity index is 0.932. The number of carboxylic acid groups (broad SMARTS) is 1. The number of thioether (sulfide) groups is 3. The van der Waals surface area contributed by atoms with Gasteiger partial charge in [0, 0.05) is 27.2 Å². The number of methoxy groups -OCH3 is 1. The molecule has 0 bridgehead atoms. The van der Waals surface area contributed by atoms with Gasteiger partial charge in [0.05, 0.1) is 23.3 Å².